The minimum absolute atomic E-state index is 0.0340. The van der Waals surface area contributed by atoms with Crippen molar-refractivity contribution < 1.29 is 30.7 Å². The molecule has 0 bridgehead atoms. The van der Waals surface area contributed by atoms with Crippen LogP contribution >= 0.6 is 0 Å². The Bertz CT molecular complexity index is 1820. The summed E-state index contributed by atoms with van der Waals surface area (Å²) in [7, 11) is -2.40. The normalized spacial score (nSPS) is 12.5. The topological polar surface area (TPSA) is 120 Å². The molecule has 0 fully saturated rings. The number of oxazole rings is 1. The summed E-state index contributed by atoms with van der Waals surface area (Å²) in [6.45, 7) is 1.43. The number of halogens is 3. The molecule has 0 saturated heterocycles. The van der Waals surface area contributed by atoms with Crippen molar-refractivity contribution in [1.29, 1.82) is 0 Å². The summed E-state index contributed by atoms with van der Waals surface area (Å²) in [5, 5.41) is 2.13. The number of aryl methyl sites for hydroxylation is 1. The maximum absolute atomic E-state index is 13.9. The zero-order valence-electron chi connectivity index (χ0n) is 19.0. The molecule has 5 aromatic rings. The summed E-state index contributed by atoms with van der Waals surface area (Å²) < 4.78 is 77.9. The van der Waals surface area contributed by atoms with Gasteiger partial charge in [0.25, 0.3) is 5.56 Å². The van der Waals surface area contributed by atoms with E-state index < -0.39 is 27.3 Å². The van der Waals surface area contributed by atoms with E-state index >= 15 is 0 Å². The average Bonchev–Trinajstić information content (AvgIpc) is 3.40. The molecule has 186 valence electrons. The lowest BCUT2D eigenvalue weighted by Crippen LogP contribution is -2.20. The molecule has 3 heterocycles. The van der Waals surface area contributed by atoms with Gasteiger partial charge in [0.2, 0.25) is 5.89 Å². The van der Waals surface area contributed by atoms with Gasteiger partial charge in [-0.3, -0.25) is 9.89 Å². The Kier molecular flexibility index (Phi) is 5.21. The SMILES string of the molecule is COc1ccc(S(C)(=O)=O)c2oc(-c3c(C)nc4c(-c5ccccc5)c(C(F)(F)F)[nH]n4c3=O)nc12. The van der Waals surface area contributed by atoms with Crippen molar-refractivity contribution >= 4 is 26.6 Å². The van der Waals surface area contributed by atoms with Crippen molar-refractivity contribution in [3.8, 4) is 28.3 Å². The summed E-state index contributed by atoms with van der Waals surface area (Å²) in [5.41, 5.74) is -2.66. The van der Waals surface area contributed by atoms with E-state index in [0.717, 1.165) is 6.26 Å². The monoisotopic (exact) mass is 518 g/mol. The molecule has 0 aliphatic carbocycles. The van der Waals surface area contributed by atoms with Crippen LogP contribution in [0.3, 0.4) is 0 Å². The highest BCUT2D eigenvalue weighted by Crippen LogP contribution is 2.39. The van der Waals surface area contributed by atoms with Crippen LogP contribution in [0.5, 0.6) is 5.75 Å². The number of rotatable bonds is 4. The fourth-order valence-corrected chi connectivity index (χ4v) is 4.82. The molecule has 0 unspecified atom stereocenters. The first kappa shape index (κ1) is 23.6. The second-order valence-corrected chi connectivity index (χ2v) is 9.98. The zero-order chi connectivity index (χ0) is 26.0. The van der Waals surface area contributed by atoms with E-state index in [9.17, 15) is 26.4 Å². The van der Waals surface area contributed by atoms with Gasteiger partial charge in [0.1, 0.15) is 21.9 Å². The summed E-state index contributed by atoms with van der Waals surface area (Å²) in [4.78, 5) is 21.8. The van der Waals surface area contributed by atoms with E-state index in [1.807, 2.05) is 0 Å². The van der Waals surface area contributed by atoms with Gasteiger partial charge in [0.15, 0.2) is 26.6 Å². The van der Waals surface area contributed by atoms with Crippen molar-refractivity contribution in [1.82, 2.24) is 19.6 Å². The second kappa shape index (κ2) is 7.95. The van der Waals surface area contributed by atoms with E-state index in [2.05, 4.69) is 15.1 Å². The van der Waals surface area contributed by atoms with Crippen LogP contribution in [0.4, 0.5) is 13.2 Å². The standard InChI is InChI=1S/C23H17F3N4O5S/c1-11-15(21-28-17-13(34-2)9-10-14(18(17)35-21)36(3,32)33)22(31)30-20(27-11)16(12-7-5-4-6-8-12)19(29-30)23(24,25)26/h4-10,29H,1-3H3. The van der Waals surface area contributed by atoms with Crippen molar-refractivity contribution in [3.05, 3.63) is 64.2 Å². The molecule has 9 nitrogen and oxygen atoms in total. The van der Waals surface area contributed by atoms with Gasteiger partial charge in [-0.15, -0.1) is 0 Å². The molecule has 0 radical (unpaired) electrons. The Hall–Kier alpha value is -4.13. The molecule has 0 atom stereocenters. The van der Waals surface area contributed by atoms with Gasteiger partial charge in [-0.05, 0) is 24.6 Å². The molecule has 0 saturated carbocycles. The number of aromatic nitrogens is 4. The highest BCUT2D eigenvalue weighted by Gasteiger charge is 2.38. The van der Waals surface area contributed by atoms with Crippen LogP contribution in [0.25, 0.3) is 39.3 Å². The molecular formula is C23H17F3N4O5S. The number of hydrogen-bond acceptors (Lipinski definition) is 7. The number of benzene rings is 2. The van der Waals surface area contributed by atoms with Crippen LogP contribution in [-0.4, -0.2) is 41.4 Å². The fourth-order valence-electron chi connectivity index (χ4n) is 4.03. The predicted molar refractivity (Wildman–Crippen MR) is 124 cm³/mol. The number of methoxy groups -OCH3 is 1. The van der Waals surface area contributed by atoms with Crippen LogP contribution in [0, 0.1) is 6.92 Å². The van der Waals surface area contributed by atoms with Gasteiger partial charge >= 0.3 is 6.18 Å². The fraction of sp³-hybridized carbons (Fsp3) is 0.174. The summed E-state index contributed by atoms with van der Waals surface area (Å²) in [6, 6.07) is 10.4. The maximum atomic E-state index is 13.9. The summed E-state index contributed by atoms with van der Waals surface area (Å²) >= 11 is 0. The predicted octanol–water partition coefficient (Wildman–Crippen LogP) is 4.24. The highest BCUT2D eigenvalue weighted by atomic mass is 32.2. The minimum Gasteiger partial charge on any atom is -0.494 e. The van der Waals surface area contributed by atoms with E-state index in [-0.39, 0.29) is 55.7 Å². The Morgan fingerprint density at radius 3 is 2.36 bits per heavy atom. The van der Waals surface area contributed by atoms with E-state index in [4.69, 9.17) is 9.15 Å². The Labute approximate surface area is 201 Å². The number of nitrogens with one attached hydrogen (secondary N) is 1. The lowest BCUT2D eigenvalue weighted by Gasteiger charge is -2.07. The lowest BCUT2D eigenvalue weighted by atomic mass is 10.1. The third-order valence-corrected chi connectivity index (χ3v) is 6.73. The van der Waals surface area contributed by atoms with E-state index in [1.165, 1.54) is 38.3 Å². The molecular weight excluding hydrogens is 501 g/mol. The number of fused-ring (bicyclic) bond motifs is 2. The van der Waals surface area contributed by atoms with Crippen molar-refractivity contribution in [2.75, 3.05) is 13.4 Å². The molecule has 2 aromatic carbocycles. The van der Waals surface area contributed by atoms with Crippen molar-refractivity contribution in [3.63, 3.8) is 0 Å². The van der Waals surface area contributed by atoms with Gasteiger partial charge in [0.05, 0.1) is 18.4 Å². The molecule has 36 heavy (non-hydrogen) atoms. The number of hydrogen-bond donors (Lipinski definition) is 1. The number of alkyl halides is 3. The Morgan fingerprint density at radius 1 is 1.06 bits per heavy atom. The number of aromatic amines is 1. The Balaban J connectivity index is 1.85. The zero-order valence-corrected chi connectivity index (χ0v) is 19.8. The molecule has 1 N–H and O–H groups in total. The molecule has 0 aliphatic rings. The van der Waals surface area contributed by atoms with Crippen LogP contribution in [0.15, 0.2) is 56.6 Å². The van der Waals surface area contributed by atoms with Gasteiger partial charge in [-0.1, -0.05) is 30.3 Å². The van der Waals surface area contributed by atoms with Gasteiger partial charge in [-0.25, -0.2) is 18.4 Å². The molecule has 0 spiro atoms. The van der Waals surface area contributed by atoms with Gasteiger partial charge in [-0.2, -0.15) is 17.7 Å². The molecule has 0 amide bonds. The first-order valence-electron chi connectivity index (χ1n) is 10.4. The van der Waals surface area contributed by atoms with Crippen LogP contribution in [0.2, 0.25) is 0 Å². The minimum atomic E-state index is -4.81. The second-order valence-electron chi connectivity index (χ2n) is 8.00. The quantitative estimate of drug-likeness (QED) is 0.378. The number of nitrogens with zero attached hydrogens (tertiary/aromatic N) is 3. The van der Waals surface area contributed by atoms with Crippen LogP contribution in [-0.2, 0) is 16.0 Å². The van der Waals surface area contributed by atoms with Crippen molar-refractivity contribution in [2.45, 2.75) is 18.0 Å². The third-order valence-electron chi connectivity index (χ3n) is 5.61. The Morgan fingerprint density at radius 2 is 1.75 bits per heavy atom. The van der Waals surface area contributed by atoms with Crippen LogP contribution in [0.1, 0.15) is 11.4 Å². The largest absolute Gasteiger partial charge is 0.494 e. The third kappa shape index (κ3) is 3.63. The van der Waals surface area contributed by atoms with Gasteiger partial charge in [0, 0.05) is 6.26 Å². The summed E-state index contributed by atoms with van der Waals surface area (Å²) in [5.74, 6) is -0.127. The highest BCUT2D eigenvalue weighted by molar-refractivity contribution is 7.91. The number of ether oxygens (including phenoxy) is 1. The number of H-pyrrole nitrogens is 1. The first-order valence-corrected chi connectivity index (χ1v) is 12.3. The maximum Gasteiger partial charge on any atom is 0.433 e. The smallest absolute Gasteiger partial charge is 0.433 e. The summed E-state index contributed by atoms with van der Waals surface area (Å²) in [6.07, 6.45) is -3.83. The first-order chi connectivity index (χ1) is 16.9. The molecule has 5 rings (SSSR count). The van der Waals surface area contributed by atoms with Gasteiger partial charge < -0.3 is 9.15 Å². The van der Waals surface area contributed by atoms with Crippen LogP contribution < -0.4 is 10.3 Å². The van der Waals surface area contributed by atoms with E-state index in [1.54, 1.807) is 18.2 Å². The van der Waals surface area contributed by atoms with E-state index in [0.29, 0.717) is 4.52 Å². The lowest BCUT2D eigenvalue weighted by molar-refractivity contribution is -0.140. The average molecular weight is 518 g/mol. The molecule has 13 heteroatoms. The molecule has 0 aliphatic heterocycles. The van der Waals surface area contributed by atoms with Crippen molar-refractivity contribution in [2.24, 2.45) is 0 Å². The molecule has 3 aromatic heterocycles. The number of sulfone groups is 1.